The summed E-state index contributed by atoms with van der Waals surface area (Å²) in [6, 6.07) is 4.06. The molecular weight excluding hydrogens is 278 g/mol. The van der Waals surface area contributed by atoms with Crippen molar-refractivity contribution in [2.75, 3.05) is 18.5 Å². The van der Waals surface area contributed by atoms with Gasteiger partial charge in [0.15, 0.2) is 0 Å². The number of rotatable bonds is 5. The van der Waals surface area contributed by atoms with Crippen LogP contribution in [0.25, 0.3) is 0 Å². The van der Waals surface area contributed by atoms with Gasteiger partial charge in [-0.15, -0.1) is 0 Å². The fourth-order valence-electron chi connectivity index (χ4n) is 3.30. The zero-order valence-electron chi connectivity index (χ0n) is 13.1. The number of carbonyl (C=O) groups is 1. The van der Waals surface area contributed by atoms with Crippen LogP contribution in [-0.2, 0) is 4.74 Å². The average molecular weight is 304 g/mol. The van der Waals surface area contributed by atoms with E-state index in [0.717, 1.165) is 44.7 Å². The Labute approximate surface area is 131 Å². The van der Waals surface area contributed by atoms with Crippen LogP contribution >= 0.6 is 0 Å². The molecule has 2 aliphatic rings. The summed E-state index contributed by atoms with van der Waals surface area (Å²) in [5.41, 5.74) is 0.686. The minimum atomic E-state index is 0.0126. The molecular formula is C17H26N3O2+. The van der Waals surface area contributed by atoms with Gasteiger partial charge in [-0.05, 0) is 37.8 Å². The molecule has 2 heterocycles. The Morgan fingerprint density at radius 2 is 2.09 bits per heavy atom. The molecule has 1 aromatic heterocycles. The lowest BCUT2D eigenvalue weighted by atomic mass is 9.95. The third-order valence-corrected chi connectivity index (χ3v) is 4.57. The number of aromatic amines is 1. The maximum absolute atomic E-state index is 12.5. The summed E-state index contributed by atoms with van der Waals surface area (Å²) in [5.74, 6) is 0.796. The zero-order valence-corrected chi connectivity index (χ0v) is 13.1. The first-order valence-corrected chi connectivity index (χ1v) is 8.50. The second kappa shape index (κ2) is 7.58. The van der Waals surface area contributed by atoms with Crippen LogP contribution in [0.1, 0.15) is 55.3 Å². The number of anilines is 1. The largest absolute Gasteiger partial charge is 0.374 e. The third kappa shape index (κ3) is 3.97. The average Bonchev–Trinajstić information content (AvgIpc) is 3.07. The van der Waals surface area contributed by atoms with Crippen molar-refractivity contribution < 1.29 is 14.5 Å². The maximum atomic E-state index is 12.5. The number of H-pyrrole nitrogens is 1. The molecule has 0 aromatic carbocycles. The smallest absolute Gasteiger partial charge is 0.285 e. The number of hydrogen-bond donors (Lipinski definition) is 2. The molecule has 0 unspecified atom stereocenters. The number of amides is 1. The van der Waals surface area contributed by atoms with Gasteiger partial charge in [-0.2, -0.15) is 0 Å². The molecule has 1 aromatic rings. The monoisotopic (exact) mass is 304 g/mol. The molecule has 2 fully saturated rings. The molecule has 3 N–H and O–H groups in total. The van der Waals surface area contributed by atoms with Crippen molar-refractivity contribution >= 4 is 11.7 Å². The van der Waals surface area contributed by atoms with Gasteiger partial charge in [0.2, 0.25) is 0 Å². The Balaban J connectivity index is 1.60. The molecule has 22 heavy (non-hydrogen) atoms. The number of hydrogen-bond acceptors (Lipinski definition) is 3. The van der Waals surface area contributed by atoms with Gasteiger partial charge in [0.1, 0.15) is 12.1 Å². The van der Waals surface area contributed by atoms with Gasteiger partial charge < -0.3 is 10.1 Å². The van der Waals surface area contributed by atoms with Crippen molar-refractivity contribution in [2.24, 2.45) is 0 Å². The Hall–Kier alpha value is -1.62. The zero-order chi connectivity index (χ0) is 15.2. The highest BCUT2D eigenvalue weighted by atomic mass is 16.5. The van der Waals surface area contributed by atoms with Gasteiger partial charge in [0.25, 0.3) is 11.7 Å². The number of pyridine rings is 1. The Morgan fingerprint density at radius 1 is 1.23 bits per heavy atom. The van der Waals surface area contributed by atoms with E-state index in [1.54, 1.807) is 0 Å². The quantitative estimate of drug-likeness (QED) is 0.876. The van der Waals surface area contributed by atoms with Crippen LogP contribution in [0.2, 0.25) is 0 Å². The van der Waals surface area contributed by atoms with Gasteiger partial charge in [0, 0.05) is 12.6 Å². The van der Waals surface area contributed by atoms with E-state index < -0.39 is 0 Å². The summed E-state index contributed by atoms with van der Waals surface area (Å²) in [7, 11) is 0. The Morgan fingerprint density at radius 3 is 2.86 bits per heavy atom. The van der Waals surface area contributed by atoms with E-state index in [-0.39, 0.29) is 12.0 Å². The normalized spacial score (nSPS) is 22.5. The first kappa shape index (κ1) is 15.3. The van der Waals surface area contributed by atoms with Gasteiger partial charge in [-0.1, -0.05) is 19.3 Å². The van der Waals surface area contributed by atoms with Crippen LogP contribution in [0, 0.1) is 0 Å². The predicted octanol–water partition coefficient (Wildman–Crippen LogP) is 2.15. The van der Waals surface area contributed by atoms with Gasteiger partial charge in [0.05, 0.1) is 12.3 Å². The molecule has 1 aliphatic carbocycles. The highest BCUT2D eigenvalue weighted by molar-refractivity contribution is 5.98. The molecule has 1 atom stereocenters. The lowest BCUT2D eigenvalue weighted by molar-refractivity contribution is -0.361. The molecule has 5 nitrogen and oxygen atoms in total. The van der Waals surface area contributed by atoms with Crippen LogP contribution in [-0.4, -0.2) is 31.2 Å². The summed E-state index contributed by atoms with van der Waals surface area (Å²) in [6.07, 6.45) is 10.2. The molecule has 5 heteroatoms. The molecule has 0 spiro atoms. The molecule has 1 amide bonds. The van der Waals surface area contributed by atoms with Crippen LogP contribution in [0.3, 0.4) is 0 Å². The van der Waals surface area contributed by atoms with Crippen molar-refractivity contribution in [2.45, 2.75) is 57.1 Å². The van der Waals surface area contributed by atoms with Crippen molar-refractivity contribution in [1.29, 1.82) is 0 Å². The second-order valence-corrected chi connectivity index (χ2v) is 6.28. The molecule has 0 bridgehead atoms. The predicted molar refractivity (Wildman–Crippen MR) is 84.8 cm³/mol. The molecule has 3 rings (SSSR count). The Bertz CT molecular complexity index is 494. The number of carbonyl (C=O) groups excluding carboxylic acids is 1. The van der Waals surface area contributed by atoms with E-state index in [4.69, 9.17) is 4.74 Å². The van der Waals surface area contributed by atoms with Crippen LogP contribution in [0.15, 0.2) is 18.3 Å². The van der Waals surface area contributed by atoms with E-state index in [9.17, 15) is 4.79 Å². The maximum Gasteiger partial charge on any atom is 0.285 e. The lowest BCUT2D eigenvalue weighted by Crippen LogP contribution is -2.37. The number of nitrogens with one attached hydrogen (secondary N) is 3. The lowest BCUT2D eigenvalue weighted by Gasteiger charge is -2.22. The number of aromatic nitrogens is 1. The molecule has 1 saturated carbocycles. The SMILES string of the molecule is O=C(NC1CCCCC1)c1ccc[nH+]c1NC[C@H]1CCCO1. The van der Waals surface area contributed by atoms with E-state index >= 15 is 0 Å². The summed E-state index contributed by atoms with van der Waals surface area (Å²) in [4.78, 5) is 15.7. The second-order valence-electron chi connectivity index (χ2n) is 6.28. The minimum Gasteiger partial charge on any atom is -0.374 e. The summed E-state index contributed by atoms with van der Waals surface area (Å²) in [6.45, 7) is 1.59. The topological polar surface area (TPSA) is 64.5 Å². The van der Waals surface area contributed by atoms with Crippen molar-refractivity contribution in [3.05, 3.63) is 23.9 Å². The fraction of sp³-hybridized carbons (Fsp3) is 0.647. The molecule has 120 valence electrons. The van der Waals surface area contributed by atoms with Gasteiger partial charge >= 0.3 is 0 Å². The molecule has 1 saturated heterocycles. The molecule has 0 radical (unpaired) electrons. The van der Waals surface area contributed by atoms with E-state index in [1.165, 1.54) is 19.3 Å². The first-order chi connectivity index (χ1) is 10.8. The standard InChI is InChI=1S/C17H25N3O2/c21-17(20-13-6-2-1-3-7-13)15-9-4-10-18-16(15)19-12-14-8-5-11-22-14/h4,9-10,13-14H,1-3,5-8,11-12H2,(H,18,19)(H,20,21)/p+1/t14-/m1/s1. The van der Waals surface area contributed by atoms with Gasteiger partial charge in [-0.25, -0.2) is 4.98 Å². The van der Waals surface area contributed by atoms with Crippen molar-refractivity contribution in [3.8, 4) is 0 Å². The summed E-state index contributed by atoms with van der Waals surface area (Å²) < 4.78 is 5.62. The summed E-state index contributed by atoms with van der Waals surface area (Å²) in [5, 5.41) is 6.51. The molecule has 1 aliphatic heterocycles. The fourth-order valence-corrected chi connectivity index (χ4v) is 3.30. The van der Waals surface area contributed by atoms with Crippen LogP contribution < -0.4 is 15.6 Å². The van der Waals surface area contributed by atoms with Crippen LogP contribution in [0.5, 0.6) is 0 Å². The van der Waals surface area contributed by atoms with Crippen molar-refractivity contribution in [3.63, 3.8) is 0 Å². The summed E-state index contributed by atoms with van der Waals surface area (Å²) >= 11 is 0. The van der Waals surface area contributed by atoms with E-state index in [2.05, 4.69) is 15.6 Å². The third-order valence-electron chi connectivity index (χ3n) is 4.57. The highest BCUT2D eigenvalue weighted by Gasteiger charge is 2.23. The first-order valence-electron chi connectivity index (χ1n) is 8.50. The highest BCUT2D eigenvalue weighted by Crippen LogP contribution is 2.19. The minimum absolute atomic E-state index is 0.0126. The number of ether oxygens (including phenoxy) is 1. The van der Waals surface area contributed by atoms with E-state index in [0.29, 0.717) is 11.6 Å². The Kier molecular flexibility index (Phi) is 5.27. The van der Waals surface area contributed by atoms with E-state index in [1.807, 2.05) is 18.3 Å². The van der Waals surface area contributed by atoms with Gasteiger partial charge in [-0.3, -0.25) is 10.1 Å². The van der Waals surface area contributed by atoms with Crippen LogP contribution in [0.4, 0.5) is 5.82 Å². The van der Waals surface area contributed by atoms with Crippen molar-refractivity contribution in [1.82, 2.24) is 5.32 Å².